The van der Waals surface area contributed by atoms with Crippen molar-refractivity contribution in [3.63, 3.8) is 0 Å². The predicted octanol–water partition coefficient (Wildman–Crippen LogP) is -1.38. The van der Waals surface area contributed by atoms with E-state index in [0.717, 1.165) is 5.56 Å². The fourth-order valence-electron chi connectivity index (χ4n) is 2.87. The molecule has 3 amide bonds. The molecule has 3 unspecified atom stereocenters. The fraction of sp³-hybridized carbons (Fsp3) is 0.350. The van der Waals surface area contributed by atoms with Crippen LogP contribution in [0.2, 0.25) is 0 Å². The number of benzene rings is 1. The number of carbonyl (C=O) groups is 4. The van der Waals surface area contributed by atoms with Gasteiger partial charge in [-0.3, -0.25) is 14.4 Å². The Kier molecular flexibility index (Phi) is 9.70. The van der Waals surface area contributed by atoms with Gasteiger partial charge < -0.3 is 31.8 Å². The molecule has 0 saturated carbocycles. The number of amides is 3. The van der Waals surface area contributed by atoms with E-state index in [0.29, 0.717) is 5.69 Å². The number of imidazole rings is 1. The zero-order valence-electron chi connectivity index (χ0n) is 17.2. The van der Waals surface area contributed by atoms with Crippen LogP contribution in [-0.2, 0) is 32.0 Å². The highest BCUT2D eigenvalue weighted by atomic mass is 32.1. The fourth-order valence-corrected chi connectivity index (χ4v) is 3.12. The molecule has 0 aliphatic heterocycles. The van der Waals surface area contributed by atoms with Gasteiger partial charge in [-0.15, -0.1) is 0 Å². The van der Waals surface area contributed by atoms with Crippen molar-refractivity contribution in [2.45, 2.75) is 31.0 Å². The Balaban J connectivity index is 2.17. The van der Waals surface area contributed by atoms with Crippen LogP contribution < -0.4 is 21.7 Å². The molecule has 7 N–H and O–H groups in total. The average molecular weight is 463 g/mol. The molecule has 0 bridgehead atoms. The second kappa shape index (κ2) is 12.5. The van der Waals surface area contributed by atoms with Crippen molar-refractivity contribution in [2.75, 3.05) is 12.3 Å². The number of hydrogen-bond acceptors (Lipinski definition) is 7. The molecule has 0 saturated heterocycles. The van der Waals surface area contributed by atoms with Crippen molar-refractivity contribution in [1.29, 1.82) is 0 Å². The number of aliphatic carboxylic acids is 1. The van der Waals surface area contributed by atoms with Gasteiger partial charge in [0, 0.05) is 30.5 Å². The number of nitrogens with two attached hydrogens (primary N) is 1. The maximum absolute atomic E-state index is 13.0. The smallest absolute Gasteiger partial charge is 0.326 e. The first-order chi connectivity index (χ1) is 15.3. The summed E-state index contributed by atoms with van der Waals surface area (Å²) in [5.41, 5.74) is 6.55. The van der Waals surface area contributed by atoms with Crippen molar-refractivity contribution in [1.82, 2.24) is 25.9 Å². The van der Waals surface area contributed by atoms with Crippen molar-refractivity contribution in [2.24, 2.45) is 5.73 Å². The first kappa shape index (κ1) is 24.9. The van der Waals surface area contributed by atoms with Crippen LogP contribution in [-0.4, -0.2) is 69.2 Å². The Morgan fingerprint density at radius 1 is 1.00 bits per heavy atom. The first-order valence-corrected chi connectivity index (χ1v) is 10.4. The molecule has 3 atom stereocenters. The SMILES string of the molecule is NCC(=O)NC(CS)C(=O)NC(Cc1ccccc1)C(=O)NC(Cc1cnc[nH]1)C(=O)O. The lowest BCUT2D eigenvalue weighted by molar-refractivity contribution is -0.142. The van der Waals surface area contributed by atoms with Crippen LogP contribution in [0.1, 0.15) is 11.3 Å². The number of carboxylic acids is 1. The Bertz CT molecular complexity index is 908. The summed E-state index contributed by atoms with van der Waals surface area (Å²) < 4.78 is 0. The van der Waals surface area contributed by atoms with Gasteiger partial charge >= 0.3 is 5.97 Å². The second-order valence-corrected chi connectivity index (χ2v) is 7.30. The molecule has 2 rings (SSSR count). The number of carboxylic acid groups (broad SMARTS) is 1. The minimum atomic E-state index is -1.24. The van der Waals surface area contributed by atoms with E-state index in [1.807, 2.05) is 0 Å². The maximum Gasteiger partial charge on any atom is 0.326 e. The van der Waals surface area contributed by atoms with Gasteiger partial charge in [-0.25, -0.2) is 9.78 Å². The Hall–Kier alpha value is -3.38. The minimum absolute atomic E-state index is 0.0150. The molecule has 0 aliphatic carbocycles. The van der Waals surface area contributed by atoms with Crippen molar-refractivity contribution in [3.8, 4) is 0 Å². The van der Waals surface area contributed by atoms with E-state index in [1.54, 1.807) is 30.3 Å². The van der Waals surface area contributed by atoms with Crippen LogP contribution in [0, 0.1) is 0 Å². The highest BCUT2D eigenvalue weighted by molar-refractivity contribution is 7.80. The number of rotatable bonds is 12. The molecule has 0 spiro atoms. The summed E-state index contributed by atoms with van der Waals surface area (Å²) in [6.45, 7) is -0.306. The highest BCUT2D eigenvalue weighted by Gasteiger charge is 2.29. The van der Waals surface area contributed by atoms with Crippen LogP contribution in [0.4, 0.5) is 0 Å². The lowest BCUT2D eigenvalue weighted by atomic mass is 10.0. The van der Waals surface area contributed by atoms with E-state index in [9.17, 15) is 24.3 Å². The van der Waals surface area contributed by atoms with E-state index in [4.69, 9.17) is 5.73 Å². The number of thiol groups is 1. The molecule has 32 heavy (non-hydrogen) atoms. The molecule has 11 nitrogen and oxygen atoms in total. The summed E-state index contributed by atoms with van der Waals surface area (Å²) in [6.07, 6.45) is 2.96. The van der Waals surface area contributed by atoms with Gasteiger partial charge in [-0.05, 0) is 5.56 Å². The molecule has 172 valence electrons. The van der Waals surface area contributed by atoms with Crippen LogP contribution in [0.15, 0.2) is 42.9 Å². The zero-order valence-corrected chi connectivity index (χ0v) is 18.0. The molecule has 2 aromatic rings. The molecule has 0 fully saturated rings. The van der Waals surface area contributed by atoms with Crippen LogP contribution in [0.5, 0.6) is 0 Å². The largest absolute Gasteiger partial charge is 0.480 e. The molecule has 0 radical (unpaired) electrons. The summed E-state index contributed by atoms with van der Waals surface area (Å²) >= 11 is 4.07. The third-order valence-electron chi connectivity index (χ3n) is 4.53. The van der Waals surface area contributed by atoms with E-state index in [1.165, 1.54) is 12.5 Å². The third-order valence-corrected chi connectivity index (χ3v) is 4.89. The van der Waals surface area contributed by atoms with Gasteiger partial charge in [-0.2, -0.15) is 12.6 Å². The molecular weight excluding hydrogens is 436 g/mol. The predicted molar refractivity (Wildman–Crippen MR) is 119 cm³/mol. The lowest BCUT2D eigenvalue weighted by Gasteiger charge is -2.24. The Morgan fingerprint density at radius 3 is 2.22 bits per heavy atom. The number of H-pyrrole nitrogens is 1. The number of nitrogens with zero attached hydrogens (tertiary/aromatic N) is 1. The van der Waals surface area contributed by atoms with Crippen molar-refractivity contribution in [3.05, 3.63) is 54.1 Å². The summed E-state index contributed by atoms with van der Waals surface area (Å²) in [6, 6.07) is 5.57. The number of aromatic nitrogens is 2. The maximum atomic E-state index is 13.0. The van der Waals surface area contributed by atoms with Crippen molar-refractivity contribution < 1.29 is 24.3 Å². The minimum Gasteiger partial charge on any atom is -0.480 e. The zero-order chi connectivity index (χ0) is 23.5. The lowest BCUT2D eigenvalue weighted by Crippen LogP contribution is -2.57. The van der Waals surface area contributed by atoms with Crippen LogP contribution in [0.3, 0.4) is 0 Å². The number of aromatic amines is 1. The van der Waals surface area contributed by atoms with E-state index in [2.05, 4.69) is 38.5 Å². The molecule has 0 aliphatic rings. The topological polar surface area (TPSA) is 179 Å². The van der Waals surface area contributed by atoms with Gasteiger partial charge in [0.2, 0.25) is 17.7 Å². The average Bonchev–Trinajstić information content (AvgIpc) is 3.30. The molecule has 12 heteroatoms. The van der Waals surface area contributed by atoms with Gasteiger partial charge in [0.25, 0.3) is 0 Å². The normalized spacial score (nSPS) is 13.4. The quantitative estimate of drug-likeness (QED) is 0.190. The molecule has 1 heterocycles. The third kappa shape index (κ3) is 7.71. The van der Waals surface area contributed by atoms with Crippen LogP contribution >= 0.6 is 12.6 Å². The van der Waals surface area contributed by atoms with E-state index in [-0.39, 0.29) is 25.1 Å². The van der Waals surface area contributed by atoms with Gasteiger partial charge in [0.15, 0.2) is 0 Å². The van der Waals surface area contributed by atoms with Gasteiger partial charge in [0.1, 0.15) is 18.1 Å². The summed E-state index contributed by atoms with van der Waals surface area (Å²) in [5.74, 6) is -3.13. The Morgan fingerprint density at radius 2 is 1.66 bits per heavy atom. The van der Waals surface area contributed by atoms with Crippen LogP contribution in [0.25, 0.3) is 0 Å². The highest BCUT2D eigenvalue weighted by Crippen LogP contribution is 2.06. The van der Waals surface area contributed by atoms with Gasteiger partial charge in [0.05, 0.1) is 12.9 Å². The summed E-state index contributed by atoms with van der Waals surface area (Å²) in [5, 5.41) is 17.0. The number of carbonyl (C=O) groups excluding carboxylic acids is 3. The van der Waals surface area contributed by atoms with Crippen molar-refractivity contribution >= 4 is 36.3 Å². The Labute approximate surface area is 190 Å². The molecule has 1 aromatic heterocycles. The van der Waals surface area contributed by atoms with E-state index < -0.39 is 41.8 Å². The molecule has 1 aromatic carbocycles. The molecular formula is C20H26N6O5S. The first-order valence-electron chi connectivity index (χ1n) is 9.79. The van der Waals surface area contributed by atoms with E-state index >= 15 is 0 Å². The standard InChI is InChI=1S/C20H26N6O5S/c21-8-17(27)24-16(10-32)19(29)25-14(6-12-4-2-1-3-5-12)18(28)26-15(20(30)31)7-13-9-22-11-23-13/h1-5,9,11,14-16,32H,6-8,10,21H2,(H,22,23)(H,24,27)(H,25,29)(H,26,28)(H,30,31). The van der Waals surface area contributed by atoms with Gasteiger partial charge in [-0.1, -0.05) is 30.3 Å². The number of hydrogen-bond donors (Lipinski definition) is 7. The monoisotopic (exact) mass is 462 g/mol. The second-order valence-electron chi connectivity index (χ2n) is 6.94. The number of nitrogens with one attached hydrogen (secondary N) is 4. The summed E-state index contributed by atoms with van der Waals surface area (Å²) in [7, 11) is 0. The summed E-state index contributed by atoms with van der Waals surface area (Å²) in [4.78, 5) is 55.5.